The average Bonchev–Trinajstić information content (AvgIpc) is 2.75. The normalized spacial score (nSPS) is 12.8. The molecule has 2 aromatic rings. The number of benzene rings is 1. The molecule has 0 amide bonds. The molecular formula is C17H22FNO. The van der Waals surface area contributed by atoms with Gasteiger partial charge in [-0.2, -0.15) is 0 Å². The van der Waals surface area contributed by atoms with Gasteiger partial charge in [0.25, 0.3) is 0 Å². The van der Waals surface area contributed by atoms with Crippen molar-refractivity contribution in [2.45, 2.75) is 39.7 Å². The Morgan fingerprint density at radius 3 is 2.80 bits per heavy atom. The molecule has 0 bridgehead atoms. The van der Waals surface area contributed by atoms with Crippen LogP contribution in [-0.4, -0.2) is 6.54 Å². The summed E-state index contributed by atoms with van der Waals surface area (Å²) in [7, 11) is 0. The number of nitrogens with one attached hydrogen (secondary N) is 1. The number of fused-ring (bicyclic) bond motifs is 1. The van der Waals surface area contributed by atoms with Crippen molar-refractivity contribution in [3.63, 3.8) is 0 Å². The summed E-state index contributed by atoms with van der Waals surface area (Å²) in [6.07, 6.45) is 1.79. The van der Waals surface area contributed by atoms with Crippen LogP contribution in [0.15, 0.2) is 34.8 Å². The zero-order valence-electron chi connectivity index (χ0n) is 12.4. The molecule has 1 atom stereocenters. The maximum absolute atomic E-state index is 13.4. The lowest BCUT2D eigenvalue weighted by atomic mass is 10.00. The Balaban J connectivity index is 2.42. The third-order valence-electron chi connectivity index (χ3n) is 3.69. The fourth-order valence-electron chi connectivity index (χ4n) is 2.48. The summed E-state index contributed by atoms with van der Waals surface area (Å²) >= 11 is 0. The van der Waals surface area contributed by atoms with Gasteiger partial charge < -0.3 is 9.73 Å². The number of hydrogen-bond donors (Lipinski definition) is 1. The Labute approximate surface area is 119 Å². The molecule has 20 heavy (non-hydrogen) atoms. The van der Waals surface area contributed by atoms with Crippen LogP contribution in [0.5, 0.6) is 0 Å². The number of furan rings is 1. The van der Waals surface area contributed by atoms with Crippen LogP contribution in [0, 0.1) is 12.7 Å². The molecule has 0 saturated carbocycles. The molecule has 2 nitrogen and oxygen atoms in total. The zero-order valence-corrected chi connectivity index (χ0v) is 12.4. The molecule has 1 aromatic heterocycles. The van der Waals surface area contributed by atoms with Crippen molar-refractivity contribution in [3.05, 3.63) is 47.5 Å². The largest absolute Gasteiger partial charge is 0.459 e. The molecule has 1 N–H and O–H groups in total. The van der Waals surface area contributed by atoms with Crippen LogP contribution in [0.1, 0.15) is 44.1 Å². The third kappa shape index (κ3) is 2.93. The molecule has 0 aliphatic heterocycles. The molecule has 0 spiro atoms. The van der Waals surface area contributed by atoms with E-state index in [0.29, 0.717) is 0 Å². The van der Waals surface area contributed by atoms with Gasteiger partial charge in [0.15, 0.2) is 0 Å². The quantitative estimate of drug-likeness (QED) is 0.759. The molecule has 3 heteroatoms. The van der Waals surface area contributed by atoms with Gasteiger partial charge in [0, 0.05) is 10.9 Å². The summed E-state index contributed by atoms with van der Waals surface area (Å²) in [5.41, 5.74) is 2.93. The van der Waals surface area contributed by atoms with Crippen molar-refractivity contribution in [1.82, 2.24) is 5.32 Å². The summed E-state index contributed by atoms with van der Waals surface area (Å²) in [4.78, 5) is 0. The van der Waals surface area contributed by atoms with E-state index < -0.39 is 0 Å². The fourth-order valence-corrected chi connectivity index (χ4v) is 2.48. The second-order valence-corrected chi connectivity index (χ2v) is 5.15. The van der Waals surface area contributed by atoms with Gasteiger partial charge in [0.2, 0.25) is 0 Å². The molecule has 108 valence electrons. The molecule has 0 fully saturated rings. The summed E-state index contributed by atoms with van der Waals surface area (Å²) in [6.45, 7) is 11.1. The Kier molecular flexibility index (Phi) is 4.61. The van der Waals surface area contributed by atoms with E-state index in [1.54, 1.807) is 6.07 Å². The van der Waals surface area contributed by atoms with Crippen LogP contribution in [0.25, 0.3) is 11.0 Å². The van der Waals surface area contributed by atoms with Crippen LogP contribution < -0.4 is 5.32 Å². The Bertz CT molecular complexity index is 615. The highest BCUT2D eigenvalue weighted by Crippen LogP contribution is 2.32. The van der Waals surface area contributed by atoms with Gasteiger partial charge in [0.05, 0.1) is 6.04 Å². The number of rotatable bonds is 6. The fraction of sp³-hybridized carbons (Fsp3) is 0.412. The van der Waals surface area contributed by atoms with Gasteiger partial charge in [-0.05, 0) is 44.5 Å². The van der Waals surface area contributed by atoms with Gasteiger partial charge in [-0.3, -0.25) is 0 Å². The van der Waals surface area contributed by atoms with Gasteiger partial charge in [0.1, 0.15) is 17.2 Å². The van der Waals surface area contributed by atoms with Crippen LogP contribution in [0.3, 0.4) is 0 Å². The van der Waals surface area contributed by atoms with E-state index in [9.17, 15) is 4.39 Å². The highest BCUT2D eigenvalue weighted by molar-refractivity contribution is 5.82. The minimum atomic E-state index is -0.231. The van der Waals surface area contributed by atoms with E-state index in [2.05, 4.69) is 25.7 Å². The van der Waals surface area contributed by atoms with Gasteiger partial charge in [-0.1, -0.05) is 26.0 Å². The highest BCUT2D eigenvalue weighted by atomic mass is 19.1. The maximum Gasteiger partial charge on any atom is 0.134 e. The Morgan fingerprint density at radius 1 is 1.40 bits per heavy atom. The molecule has 1 aromatic carbocycles. The summed E-state index contributed by atoms with van der Waals surface area (Å²) < 4.78 is 19.3. The van der Waals surface area contributed by atoms with E-state index in [-0.39, 0.29) is 11.9 Å². The van der Waals surface area contributed by atoms with Crippen molar-refractivity contribution < 1.29 is 8.81 Å². The van der Waals surface area contributed by atoms with Crippen molar-refractivity contribution in [2.75, 3.05) is 6.54 Å². The topological polar surface area (TPSA) is 25.2 Å². The number of halogens is 1. The predicted molar refractivity (Wildman–Crippen MR) is 81.4 cm³/mol. The standard InChI is InChI=1S/C17H22FNO/c1-5-11(3)9-15(19-6-2)17-12(4)14-10-13(18)7-8-16(14)20-17/h7-8,10,15,19H,3,5-6,9H2,1-2,4H3. The van der Waals surface area contributed by atoms with Crippen LogP contribution in [-0.2, 0) is 0 Å². The van der Waals surface area contributed by atoms with E-state index >= 15 is 0 Å². The van der Waals surface area contributed by atoms with Crippen LogP contribution in [0.4, 0.5) is 4.39 Å². The third-order valence-corrected chi connectivity index (χ3v) is 3.69. The zero-order chi connectivity index (χ0) is 14.7. The SMILES string of the molecule is C=C(CC)CC(NCC)c1oc2ccc(F)cc2c1C. The first-order valence-corrected chi connectivity index (χ1v) is 7.15. The monoisotopic (exact) mass is 275 g/mol. The average molecular weight is 275 g/mol. The first kappa shape index (κ1) is 14.8. The molecule has 0 aliphatic carbocycles. The molecule has 0 radical (unpaired) electrons. The van der Waals surface area contributed by atoms with Crippen molar-refractivity contribution in [2.24, 2.45) is 0 Å². The van der Waals surface area contributed by atoms with E-state index in [4.69, 9.17) is 4.42 Å². The predicted octanol–water partition coefficient (Wildman–Crippen LogP) is 4.89. The molecule has 0 saturated heterocycles. The minimum absolute atomic E-state index is 0.0999. The lowest BCUT2D eigenvalue weighted by Gasteiger charge is -2.17. The Hall–Kier alpha value is -1.61. The van der Waals surface area contributed by atoms with Gasteiger partial charge in [-0.15, -0.1) is 0 Å². The summed E-state index contributed by atoms with van der Waals surface area (Å²) in [5.74, 6) is 0.660. The van der Waals surface area contributed by atoms with E-state index in [0.717, 1.165) is 41.7 Å². The Morgan fingerprint density at radius 2 is 2.15 bits per heavy atom. The summed E-state index contributed by atoms with van der Waals surface area (Å²) in [6, 6.07) is 4.76. The van der Waals surface area contributed by atoms with Crippen LogP contribution in [0.2, 0.25) is 0 Å². The molecule has 2 rings (SSSR count). The lowest BCUT2D eigenvalue weighted by Crippen LogP contribution is -2.21. The molecule has 1 unspecified atom stereocenters. The molecule has 1 heterocycles. The van der Waals surface area contributed by atoms with Crippen LogP contribution >= 0.6 is 0 Å². The van der Waals surface area contributed by atoms with Crippen molar-refractivity contribution >= 4 is 11.0 Å². The maximum atomic E-state index is 13.4. The smallest absolute Gasteiger partial charge is 0.134 e. The highest BCUT2D eigenvalue weighted by Gasteiger charge is 2.20. The first-order valence-electron chi connectivity index (χ1n) is 7.15. The second-order valence-electron chi connectivity index (χ2n) is 5.15. The van der Waals surface area contributed by atoms with Gasteiger partial charge >= 0.3 is 0 Å². The van der Waals surface area contributed by atoms with E-state index in [1.165, 1.54) is 17.7 Å². The summed E-state index contributed by atoms with van der Waals surface area (Å²) in [5, 5.41) is 4.28. The minimum Gasteiger partial charge on any atom is -0.459 e. The number of aryl methyl sites for hydroxylation is 1. The second kappa shape index (κ2) is 6.23. The van der Waals surface area contributed by atoms with E-state index in [1.807, 2.05) is 6.92 Å². The lowest BCUT2D eigenvalue weighted by molar-refractivity contribution is 0.429. The van der Waals surface area contributed by atoms with Crippen molar-refractivity contribution in [1.29, 1.82) is 0 Å². The van der Waals surface area contributed by atoms with Gasteiger partial charge in [-0.25, -0.2) is 4.39 Å². The molecule has 0 aliphatic rings. The first-order chi connectivity index (χ1) is 9.56. The number of hydrogen-bond acceptors (Lipinski definition) is 2. The van der Waals surface area contributed by atoms with Crippen molar-refractivity contribution in [3.8, 4) is 0 Å². The molecular weight excluding hydrogens is 253 g/mol.